The largest absolute Gasteiger partial charge is 0.456 e. The number of halogens is 1. The van der Waals surface area contributed by atoms with Gasteiger partial charge in [0.25, 0.3) is 0 Å². The van der Waals surface area contributed by atoms with Crippen LogP contribution in [0, 0.1) is 12.7 Å². The number of aromatic nitrogens is 1. The summed E-state index contributed by atoms with van der Waals surface area (Å²) >= 11 is 0. The molecule has 2 rings (SSSR count). The van der Waals surface area contributed by atoms with E-state index in [1.165, 1.54) is 6.07 Å². The van der Waals surface area contributed by atoms with Gasteiger partial charge in [0.2, 0.25) is 0 Å². The summed E-state index contributed by atoms with van der Waals surface area (Å²) in [7, 11) is 0. The molecule has 0 radical (unpaired) electrons. The van der Waals surface area contributed by atoms with Crippen LogP contribution in [0.1, 0.15) is 24.2 Å². The summed E-state index contributed by atoms with van der Waals surface area (Å²) in [5.41, 5.74) is 7.08. The molecule has 4 heteroatoms. The van der Waals surface area contributed by atoms with Crippen LogP contribution < -0.4 is 10.5 Å². The molecule has 1 aromatic carbocycles. The van der Waals surface area contributed by atoms with Crippen LogP contribution in [0.5, 0.6) is 11.5 Å². The van der Waals surface area contributed by atoms with Crippen molar-refractivity contribution in [3.8, 4) is 11.5 Å². The van der Waals surface area contributed by atoms with E-state index < -0.39 is 0 Å². The maximum Gasteiger partial charge on any atom is 0.145 e. The van der Waals surface area contributed by atoms with E-state index >= 15 is 0 Å². The summed E-state index contributed by atoms with van der Waals surface area (Å²) in [6.07, 6.45) is 1.58. The lowest BCUT2D eigenvalue weighted by Crippen LogP contribution is -2.06. The van der Waals surface area contributed by atoms with E-state index in [4.69, 9.17) is 10.5 Å². The van der Waals surface area contributed by atoms with Crippen LogP contribution in [0.3, 0.4) is 0 Å². The number of aryl methyl sites for hydroxylation is 1. The van der Waals surface area contributed by atoms with Crippen molar-refractivity contribution < 1.29 is 9.13 Å². The topological polar surface area (TPSA) is 48.1 Å². The second kappa shape index (κ2) is 5.14. The molecule has 0 fully saturated rings. The lowest BCUT2D eigenvalue weighted by Gasteiger charge is -2.08. The summed E-state index contributed by atoms with van der Waals surface area (Å²) in [5, 5.41) is 0. The predicted molar refractivity (Wildman–Crippen MR) is 68.1 cm³/mol. The third-order valence-corrected chi connectivity index (χ3v) is 2.60. The maximum absolute atomic E-state index is 13.3. The first-order valence-electron chi connectivity index (χ1n) is 5.72. The first kappa shape index (κ1) is 12.5. The first-order valence-corrected chi connectivity index (χ1v) is 5.72. The van der Waals surface area contributed by atoms with Gasteiger partial charge in [0.05, 0.1) is 11.9 Å². The molecule has 0 saturated carbocycles. The molecule has 2 aromatic rings. The molecule has 0 amide bonds. The summed E-state index contributed by atoms with van der Waals surface area (Å²) in [4.78, 5) is 4.17. The van der Waals surface area contributed by atoms with Crippen LogP contribution in [-0.2, 0) is 0 Å². The van der Waals surface area contributed by atoms with Crippen molar-refractivity contribution in [2.24, 2.45) is 5.73 Å². The number of nitrogens with two attached hydrogens (primary N) is 1. The standard InChI is InChI=1S/C14H15FN2O/c1-9-3-4-11(7-13(9)15)18-12-5-6-14(10(2)16)17-8-12/h3-8,10H,16H2,1-2H3/t10-/m1/s1. The summed E-state index contributed by atoms with van der Waals surface area (Å²) in [6, 6.07) is 8.20. The Hall–Kier alpha value is -1.94. The van der Waals surface area contributed by atoms with Gasteiger partial charge in [-0.05, 0) is 37.6 Å². The smallest absolute Gasteiger partial charge is 0.145 e. The molecule has 1 heterocycles. The van der Waals surface area contributed by atoms with Crippen molar-refractivity contribution in [2.45, 2.75) is 19.9 Å². The average molecular weight is 246 g/mol. The van der Waals surface area contributed by atoms with Gasteiger partial charge in [-0.1, -0.05) is 6.07 Å². The Bertz CT molecular complexity index is 538. The van der Waals surface area contributed by atoms with Gasteiger partial charge in [0.15, 0.2) is 0 Å². The van der Waals surface area contributed by atoms with Crippen LogP contribution in [0.15, 0.2) is 36.5 Å². The second-order valence-electron chi connectivity index (χ2n) is 4.22. The Balaban J connectivity index is 2.15. The predicted octanol–water partition coefficient (Wildman–Crippen LogP) is 3.34. The van der Waals surface area contributed by atoms with E-state index in [1.54, 1.807) is 37.4 Å². The molecule has 1 atom stereocenters. The van der Waals surface area contributed by atoms with Gasteiger partial charge in [-0.15, -0.1) is 0 Å². The highest BCUT2D eigenvalue weighted by Gasteiger charge is 2.04. The molecule has 18 heavy (non-hydrogen) atoms. The number of hydrogen-bond acceptors (Lipinski definition) is 3. The third kappa shape index (κ3) is 2.84. The van der Waals surface area contributed by atoms with E-state index in [1.807, 2.05) is 6.92 Å². The minimum Gasteiger partial charge on any atom is -0.456 e. The van der Waals surface area contributed by atoms with Crippen molar-refractivity contribution in [1.29, 1.82) is 0 Å². The van der Waals surface area contributed by atoms with Gasteiger partial charge in [-0.2, -0.15) is 0 Å². The fourth-order valence-electron chi connectivity index (χ4n) is 1.49. The number of benzene rings is 1. The number of nitrogens with zero attached hydrogens (tertiary/aromatic N) is 1. The van der Waals surface area contributed by atoms with E-state index in [0.29, 0.717) is 17.1 Å². The molecule has 0 unspecified atom stereocenters. The SMILES string of the molecule is Cc1ccc(Oc2ccc([C@@H](C)N)nc2)cc1F. The van der Waals surface area contributed by atoms with Crippen LogP contribution in [0.4, 0.5) is 4.39 Å². The van der Waals surface area contributed by atoms with Crippen LogP contribution in [-0.4, -0.2) is 4.98 Å². The highest BCUT2D eigenvalue weighted by molar-refractivity contribution is 5.33. The van der Waals surface area contributed by atoms with Gasteiger partial charge < -0.3 is 10.5 Å². The minimum atomic E-state index is -0.285. The fourth-order valence-corrected chi connectivity index (χ4v) is 1.49. The van der Waals surface area contributed by atoms with Gasteiger partial charge in [-0.25, -0.2) is 4.39 Å². The molecule has 1 aromatic heterocycles. The highest BCUT2D eigenvalue weighted by Crippen LogP contribution is 2.23. The van der Waals surface area contributed by atoms with Crippen LogP contribution >= 0.6 is 0 Å². The van der Waals surface area contributed by atoms with E-state index in [2.05, 4.69) is 4.98 Å². The number of pyridine rings is 1. The zero-order valence-electron chi connectivity index (χ0n) is 10.4. The molecule has 0 spiro atoms. The number of hydrogen-bond donors (Lipinski definition) is 1. The Labute approximate surface area is 105 Å². The Morgan fingerprint density at radius 1 is 1.22 bits per heavy atom. The molecule has 3 nitrogen and oxygen atoms in total. The van der Waals surface area contributed by atoms with Gasteiger partial charge >= 0.3 is 0 Å². The van der Waals surface area contributed by atoms with Crippen molar-refractivity contribution in [2.75, 3.05) is 0 Å². The van der Waals surface area contributed by atoms with E-state index in [0.717, 1.165) is 5.69 Å². The molecule has 94 valence electrons. The van der Waals surface area contributed by atoms with Crippen molar-refractivity contribution >= 4 is 0 Å². The molecule has 2 N–H and O–H groups in total. The minimum absolute atomic E-state index is 0.115. The summed E-state index contributed by atoms with van der Waals surface area (Å²) < 4.78 is 18.8. The molecule has 0 aliphatic rings. The lowest BCUT2D eigenvalue weighted by atomic mass is 10.2. The maximum atomic E-state index is 13.3. The third-order valence-electron chi connectivity index (χ3n) is 2.60. The molecular weight excluding hydrogens is 231 g/mol. The zero-order valence-corrected chi connectivity index (χ0v) is 10.4. The number of ether oxygens (including phenoxy) is 1. The monoisotopic (exact) mass is 246 g/mol. The first-order chi connectivity index (χ1) is 8.56. The quantitative estimate of drug-likeness (QED) is 0.903. The summed E-state index contributed by atoms with van der Waals surface area (Å²) in [6.45, 7) is 3.57. The normalized spacial score (nSPS) is 12.2. The Morgan fingerprint density at radius 2 is 1.94 bits per heavy atom. The Kier molecular flexibility index (Phi) is 3.58. The van der Waals surface area contributed by atoms with Crippen molar-refractivity contribution in [3.63, 3.8) is 0 Å². The molecular formula is C14H15FN2O. The van der Waals surface area contributed by atoms with E-state index in [-0.39, 0.29) is 11.9 Å². The van der Waals surface area contributed by atoms with Crippen molar-refractivity contribution in [3.05, 3.63) is 53.6 Å². The molecule has 0 aliphatic heterocycles. The number of rotatable bonds is 3. The van der Waals surface area contributed by atoms with Gasteiger partial charge in [0, 0.05) is 12.1 Å². The second-order valence-corrected chi connectivity index (χ2v) is 4.22. The average Bonchev–Trinajstić information content (AvgIpc) is 2.34. The van der Waals surface area contributed by atoms with Gasteiger partial charge in [0.1, 0.15) is 17.3 Å². The fraction of sp³-hybridized carbons (Fsp3) is 0.214. The Morgan fingerprint density at radius 3 is 2.50 bits per heavy atom. The molecule has 0 aliphatic carbocycles. The lowest BCUT2D eigenvalue weighted by molar-refractivity contribution is 0.473. The molecule has 0 saturated heterocycles. The molecule has 0 bridgehead atoms. The van der Waals surface area contributed by atoms with Crippen LogP contribution in [0.2, 0.25) is 0 Å². The van der Waals surface area contributed by atoms with Gasteiger partial charge in [-0.3, -0.25) is 4.98 Å². The van der Waals surface area contributed by atoms with Crippen molar-refractivity contribution in [1.82, 2.24) is 4.98 Å². The van der Waals surface area contributed by atoms with E-state index in [9.17, 15) is 4.39 Å². The zero-order chi connectivity index (χ0) is 13.1. The van der Waals surface area contributed by atoms with Crippen LogP contribution in [0.25, 0.3) is 0 Å². The highest BCUT2D eigenvalue weighted by atomic mass is 19.1. The summed E-state index contributed by atoms with van der Waals surface area (Å²) in [5.74, 6) is 0.726.